The van der Waals surface area contributed by atoms with Crippen LogP contribution in [-0.4, -0.2) is 3.71 Å². The van der Waals surface area contributed by atoms with Crippen molar-refractivity contribution in [2.24, 2.45) is 0 Å². The number of benzene rings is 3. The van der Waals surface area contributed by atoms with Gasteiger partial charge >= 0.3 is 63.8 Å². The molecule has 3 aliphatic carbocycles. The van der Waals surface area contributed by atoms with Gasteiger partial charge in [-0.25, -0.2) is 12.1 Å². The van der Waals surface area contributed by atoms with Crippen LogP contribution in [0.25, 0.3) is 23.3 Å². The number of aryl methyl sites for hydroxylation is 1. The first kappa shape index (κ1) is 35.3. The van der Waals surface area contributed by atoms with E-state index in [2.05, 4.69) is 150 Å². The van der Waals surface area contributed by atoms with Crippen molar-refractivity contribution in [2.75, 3.05) is 0 Å². The molecule has 0 atom stereocenters. The molecule has 0 nitrogen and oxygen atoms in total. The molecule has 3 heteroatoms. The van der Waals surface area contributed by atoms with Gasteiger partial charge in [-0.15, -0.1) is 11.6 Å². The van der Waals surface area contributed by atoms with Crippen molar-refractivity contribution < 1.29 is 49.0 Å². The van der Waals surface area contributed by atoms with E-state index in [0.29, 0.717) is 5.41 Å². The third-order valence-electron chi connectivity index (χ3n) is 8.60. The Bertz CT molecular complexity index is 1580. The normalized spacial score (nSPS) is 15.3. The van der Waals surface area contributed by atoms with Crippen LogP contribution in [0.2, 0.25) is 0 Å². The maximum atomic E-state index is 3.50. The molecule has 43 heavy (non-hydrogen) atoms. The van der Waals surface area contributed by atoms with Crippen molar-refractivity contribution in [1.29, 1.82) is 0 Å². The van der Waals surface area contributed by atoms with Crippen LogP contribution in [0.15, 0.2) is 78.9 Å². The maximum absolute atomic E-state index is 3.50. The summed E-state index contributed by atoms with van der Waals surface area (Å²) in [5.41, 5.74) is 16.1. The van der Waals surface area contributed by atoms with E-state index in [9.17, 15) is 0 Å². The van der Waals surface area contributed by atoms with Gasteiger partial charge in [0.1, 0.15) is 0 Å². The van der Waals surface area contributed by atoms with E-state index in [-0.39, 0.29) is 35.6 Å². The zero-order valence-corrected chi connectivity index (χ0v) is 30.7. The van der Waals surface area contributed by atoms with Gasteiger partial charge in [0.15, 0.2) is 0 Å². The number of allylic oxidation sites excluding steroid dienone is 2. The second-order valence-electron chi connectivity index (χ2n) is 13.8. The van der Waals surface area contributed by atoms with E-state index < -0.39 is 0 Å². The summed E-state index contributed by atoms with van der Waals surface area (Å²) in [5, 5.41) is 0. The predicted molar refractivity (Wildman–Crippen MR) is 175 cm³/mol. The van der Waals surface area contributed by atoms with Gasteiger partial charge in [-0.05, 0) is 45.9 Å². The molecule has 0 aromatic heterocycles. The number of rotatable bonds is 1. The quantitative estimate of drug-likeness (QED) is 0.234. The molecule has 3 aliphatic rings. The van der Waals surface area contributed by atoms with Gasteiger partial charge in [-0.3, -0.25) is 6.08 Å². The number of halogens is 2. The van der Waals surface area contributed by atoms with E-state index in [1.165, 1.54) is 85.4 Å². The van der Waals surface area contributed by atoms with Gasteiger partial charge in [0.05, 0.1) is 0 Å². The molecule has 0 saturated carbocycles. The standard InChI is InChI=1S/C23H21.C10H15.C7H6.2ClH.Zr/c1-22(2)7-5-14-10-18-16(12-20(14)22)9-17-13-21-15(11-19(17)18)6-8-23(21,3)4;1-8-5-6-9(7-8)10(2,3)4;1-7-5-3-2-4-6-7;;;/h5-7,10-13H,9H2,1-4H3;5-7H,1-4H3;1-6H;2*1H;/q2*-1;;;;+2/p-2. The second kappa shape index (κ2) is 13.4. The third kappa shape index (κ3) is 7.56. The molecule has 0 N–H and O–H groups in total. The topological polar surface area (TPSA) is 0 Å². The average molecular weight is 685 g/mol. The predicted octanol–water partition coefficient (Wildman–Crippen LogP) is 4.07. The Kier molecular flexibility index (Phi) is 11.0. The van der Waals surface area contributed by atoms with Crippen LogP contribution >= 0.6 is 0 Å². The molecule has 222 valence electrons. The molecular weight excluding hydrogens is 643 g/mol. The minimum absolute atomic E-state index is 0. The summed E-state index contributed by atoms with van der Waals surface area (Å²) in [6, 6.07) is 26.6. The summed E-state index contributed by atoms with van der Waals surface area (Å²) < 4.78 is 2.17. The number of hydrogen-bond acceptors (Lipinski definition) is 0. The van der Waals surface area contributed by atoms with Crippen molar-refractivity contribution >= 4 is 15.9 Å². The van der Waals surface area contributed by atoms with Crippen LogP contribution in [-0.2, 0) is 46.9 Å². The number of fused-ring (bicyclic) bond motifs is 5. The van der Waals surface area contributed by atoms with E-state index in [1.54, 1.807) is 0 Å². The molecule has 0 radical (unpaired) electrons. The van der Waals surface area contributed by atoms with Crippen molar-refractivity contribution in [2.45, 2.75) is 78.1 Å². The van der Waals surface area contributed by atoms with Gasteiger partial charge in [0, 0.05) is 5.41 Å². The van der Waals surface area contributed by atoms with Crippen LogP contribution < -0.4 is 24.8 Å². The van der Waals surface area contributed by atoms with E-state index in [0.717, 1.165) is 6.42 Å². The van der Waals surface area contributed by atoms with Gasteiger partial charge in [-0.1, -0.05) is 90.5 Å². The van der Waals surface area contributed by atoms with Crippen molar-refractivity contribution in [1.82, 2.24) is 0 Å². The molecular formula is C40H42Cl2Zr-2. The number of hydrogen-bond donors (Lipinski definition) is 0. The Balaban J connectivity index is 0.000000212. The summed E-state index contributed by atoms with van der Waals surface area (Å²) in [7, 11) is 0. The summed E-state index contributed by atoms with van der Waals surface area (Å²) in [4.78, 5) is 0. The summed E-state index contributed by atoms with van der Waals surface area (Å²) >= 11 is 1.46. The second-order valence-corrected chi connectivity index (χ2v) is 14.5. The Labute approximate surface area is 287 Å². The van der Waals surface area contributed by atoms with Crippen LogP contribution in [0.5, 0.6) is 0 Å². The fourth-order valence-electron chi connectivity index (χ4n) is 5.98. The van der Waals surface area contributed by atoms with Gasteiger partial charge in [0.2, 0.25) is 0 Å². The zero-order chi connectivity index (χ0) is 29.6. The molecule has 0 heterocycles. The monoisotopic (exact) mass is 682 g/mol. The average Bonchev–Trinajstić information content (AvgIpc) is 3.67. The first-order valence-corrected chi connectivity index (χ1v) is 16.1. The molecule has 0 fully saturated rings. The van der Waals surface area contributed by atoms with Gasteiger partial charge < -0.3 is 24.8 Å². The van der Waals surface area contributed by atoms with E-state index in [4.69, 9.17) is 0 Å². The SMILES string of the molecule is CC1(C)[C-]=Cc2cc3c(cc21)Cc1cc2c(cc1-3)C=CC2(C)C.Cc1cc(C(C)(C)C)c[cH-]1.[Cl-].[Cl-].[Zr+2]=[CH]c1ccccc1. The Morgan fingerprint density at radius 2 is 1.44 bits per heavy atom. The Hall–Kier alpha value is -2.18. The van der Waals surface area contributed by atoms with Crippen molar-refractivity contribution in [3.8, 4) is 11.1 Å². The Morgan fingerprint density at radius 3 is 1.95 bits per heavy atom. The fraction of sp³-hybridized carbons (Fsp3) is 0.300. The first-order chi connectivity index (χ1) is 19.3. The van der Waals surface area contributed by atoms with Crippen molar-refractivity contribution in [3.05, 3.63) is 135 Å². The van der Waals surface area contributed by atoms with Crippen LogP contribution in [0.3, 0.4) is 0 Å². The summed E-state index contributed by atoms with van der Waals surface area (Å²) in [6.45, 7) is 18.0. The van der Waals surface area contributed by atoms with Gasteiger partial charge in [0.25, 0.3) is 0 Å². The molecule has 0 amide bonds. The zero-order valence-electron chi connectivity index (χ0n) is 26.7. The molecule has 0 aliphatic heterocycles. The Morgan fingerprint density at radius 1 is 0.837 bits per heavy atom. The van der Waals surface area contributed by atoms with Crippen LogP contribution in [0.4, 0.5) is 0 Å². The minimum atomic E-state index is 0. The summed E-state index contributed by atoms with van der Waals surface area (Å²) in [6.07, 6.45) is 11.4. The first-order valence-electron chi connectivity index (χ1n) is 14.7. The van der Waals surface area contributed by atoms with Crippen molar-refractivity contribution in [3.63, 3.8) is 0 Å². The fourth-order valence-corrected chi connectivity index (χ4v) is 6.45. The molecule has 0 unspecified atom stereocenters. The third-order valence-corrected chi connectivity index (χ3v) is 9.42. The van der Waals surface area contributed by atoms with Crippen LogP contribution in [0.1, 0.15) is 98.5 Å². The summed E-state index contributed by atoms with van der Waals surface area (Å²) in [5.74, 6) is 0. The van der Waals surface area contributed by atoms with Gasteiger partial charge in [-0.2, -0.15) is 28.8 Å². The van der Waals surface area contributed by atoms with E-state index in [1.807, 2.05) is 6.07 Å². The van der Waals surface area contributed by atoms with Crippen LogP contribution in [0, 0.1) is 13.0 Å². The molecule has 7 rings (SSSR count). The molecule has 0 saturated heterocycles. The molecule has 4 aromatic rings. The molecule has 0 spiro atoms. The molecule has 0 bridgehead atoms. The molecule has 4 aromatic carbocycles. The van der Waals surface area contributed by atoms with E-state index >= 15 is 0 Å².